The summed E-state index contributed by atoms with van der Waals surface area (Å²) in [4.78, 5) is 10.5. The van der Waals surface area contributed by atoms with Crippen molar-refractivity contribution in [3.05, 3.63) is 52.6 Å². The van der Waals surface area contributed by atoms with Crippen LogP contribution in [0.4, 0.5) is 13.2 Å². The Labute approximate surface area is 166 Å². The molecule has 1 N–H and O–H groups in total. The number of aryl methyl sites for hydroxylation is 2. The molecule has 0 spiro atoms. The number of halogens is 3. The third kappa shape index (κ3) is 3.91. The summed E-state index contributed by atoms with van der Waals surface area (Å²) in [7, 11) is 0. The van der Waals surface area contributed by atoms with Gasteiger partial charge in [-0.05, 0) is 62.5 Å². The van der Waals surface area contributed by atoms with E-state index in [4.69, 9.17) is 0 Å². The first-order chi connectivity index (χ1) is 13.7. The molecule has 3 aromatic rings. The number of phenols is 1. The lowest BCUT2D eigenvalue weighted by molar-refractivity contribution is -0.142. The van der Waals surface area contributed by atoms with Crippen LogP contribution in [0.25, 0.3) is 5.78 Å². The van der Waals surface area contributed by atoms with Gasteiger partial charge in [0.25, 0.3) is 5.78 Å². The van der Waals surface area contributed by atoms with Gasteiger partial charge in [-0.1, -0.05) is 12.1 Å². The van der Waals surface area contributed by atoms with E-state index in [1.165, 1.54) is 0 Å². The van der Waals surface area contributed by atoms with Gasteiger partial charge in [0, 0.05) is 18.2 Å². The second-order valence-electron chi connectivity index (χ2n) is 7.66. The number of alkyl halides is 3. The fourth-order valence-electron chi connectivity index (χ4n) is 4.02. The lowest BCUT2D eigenvalue weighted by Gasteiger charge is -2.32. The molecule has 0 amide bonds. The van der Waals surface area contributed by atoms with Crippen LogP contribution in [-0.2, 0) is 12.7 Å². The number of aromatic nitrogens is 4. The molecular weight excluding hydrogens is 383 g/mol. The molecule has 4 rings (SSSR count). The van der Waals surface area contributed by atoms with Gasteiger partial charge in [0.1, 0.15) is 12.1 Å². The van der Waals surface area contributed by atoms with Crippen molar-refractivity contribution in [2.45, 2.75) is 45.3 Å². The van der Waals surface area contributed by atoms with Gasteiger partial charge in [-0.25, -0.2) is 4.98 Å². The first-order valence-corrected chi connectivity index (χ1v) is 9.51. The number of aromatic hydroxyl groups is 1. The van der Waals surface area contributed by atoms with Gasteiger partial charge in [-0.2, -0.15) is 27.8 Å². The van der Waals surface area contributed by atoms with E-state index in [1.54, 1.807) is 0 Å². The summed E-state index contributed by atoms with van der Waals surface area (Å²) in [5.41, 5.74) is 2.40. The number of phenolic OH excluding ortho intramolecular Hbond substituents is 1. The van der Waals surface area contributed by atoms with Crippen molar-refractivity contribution in [3.63, 3.8) is 0 Å². The van der Waals surface area contributed by atoms with Crippen molar-refractivity contribution >= 4 is 5.78 Å². The number of fused-ring (bicyclic) bond motifs is 1. The molecule has 6 nitrogen and oxygen atoms in total. The number of rotatable bonds is 3. The standard InChI is InChI=1S/C20H22F3N5O/c1-12-7-14(8-13(2)18(12)29)10-27-5-3-15(4-6-27)16-9-17(20(21,22)23)28-19(26-16)24-11-25-28/h7-9,11,15,29H,3-6,10H2,1-2H3. The van der Waals surface area contributed by atoms with E-state index in [0.717, 1.165) is 66.1 Å². The summed E-state index contributed by atoms with van der Waals surface area (Å²) in [5, 5.41) is 13.6. The summed E-state index contributed by atoms with van der Waals surface area (Å²) < 4.78 is 40.9. The highest BCUT2D eigenvalue weighted by molar-refractivity contribution is 5.42. The molecule has 1 saturated heterocycles. The third-order valence-corrected chi connectivity index (χ3v) is 5.52. The second-order valence-corrected chi connectivity index (χ2v) is 7.66. The number of likely N-dealkylation sites (tertiary alicyclic amines) is 1. The molecule has 0 unspecified atom stereocenters. The third-order valence-electron chi connectivity index (χ3n) is 5.52. The molecule has 0 atom stereocenters. The smallest absolute Gasteiger partial charge is 0.433 e. The van der Waals surface area contributed by atoms with Gasteiger partial charge in [0.05, 0.1) is 0 Å². The zero-order valence-corrected chi connectivity index (χ0v) is 16.2. The van der Waals surface area contributed by atoms with Gasteiger partial charge in [-0.3, -0.25) is 4.90 Å². The van der Waals surface area contributed by atoms with E-state index in [1.807, 2.05) is 26.0 Å². The van der Waals surface area contributed by atoms with Crippen LogP contribution in [-0.4, -0.2) is 42.7 Å². The Balaban J connectivity index is 1.49. The Bertz CT molecular complexity index is 1020. The highest BCUT2D eigenvalue weighted by Crippen LogP contribution is 2.34. The van der Waals surface area contributed by atoms with Gasteiger partial charge < -0.3 is 5.11 Å². The Morgan fingerprint density at radius 2 is 1.76 bits per heavy atom. The fraction of sp³-hybridized carbons (Fsp3) is 0.450. The van der Waals surface area contributed by atoms with E-state index in [9.17, 15) is 18.3 Å². The fourth-order valence-corrected chi connectivity index (χ4v) is 4.02. The van der Waals surface area contributed by atoms with E-state index >= 15 is 0 Å². The zero-order chi connectivity index (χ0) is 20.8. The van der Waals surface area contributed by atoms with E-state index < -0.39 is 11.9 Å². The van der Waals surface area contributed by atoms with Gasteiger partial charge in [0.15, 0.2) is 5.69 Å². The number of hydrogen-bond acceptors (Lipinski definition) is 5. The Hall–Kier alpha value is -2.68. The van der Waals surface area contributed by atoms with Crippen molar-refractivity contribution in [1.29, 1.82) is 0 Å². The quantitative estimate of drug-likeness (QED) is 0.717. The van der Waals surface area contributed by atoms with Crippen LogP contribution in [0.3, 0.4) is 0 Å². The van der Waals surface area contributed by atoms with E-state index in [2.05, 4.69) is 20.0 Å². The van der Waals surface area contributed by atoms with Crippen molar-refractivity contribution in [2.75, 3.05) is 13.1 Å². The van der Waals surface area contributed by atoms with Crippen LogP contribution in [0, 0.1) is 13.8 Å². The molecule has 154 valence electrons. The molecule has 0 aliphatic carbocycles. The topological polar surface area (TPSA) is 66.5 Å². The summed E-state index contributed by atoms with van der Waals surface area (Å²) in [6.07, 6.45) is -1.97. The largest absolute Gasteiger partial charge is 0.507 e. The van der Waals surface area contributed by atoms with Crippen LogP contribution in [0.2, 0.25) is 0 Å². The average molecular weight is 405 g/mol. The van der Waals surface area contributed by atoms with Crippen molar-refractivity contribution < 1.29 is 18.3 Å². The van der Waals surface area contributed by atoms with E-state index in [0.29, 0.717) is 11.4 Å². The normalized spacial score (nSPS) is 16.6. The van der Waals surface area contributed by atoms with Crippen LogP contribution in [0.5, 0.6) is 5.75 Å². The van der Waals surface area contributed by atoms with E-state index in [-0.39, 0.29) is 11.7 Å². The summed E-state index contributed by atoms with van der Waals surface area (Å²) in [5.74, 6) is 0.257. The first-order valence-electron chi connectivity index (χ1n) is 9.51. The lowest BCUT2D eigenvalue weighted by atomic mass is 9.92. The van der Waals surface area contributed by atoms with Crippen LogP contribution < -0.4 is 0 Å². The Morgan fingerprint density at radius 3 is 2.38 bits per heavy atom. The van der Waals surface area contributed by atoms with Gasteiger partial charge in [-0.15, -0.1) is 0 Å². The number of benzene rings is 1. The maximum atomic E-state index is 13.4. The predicted molar refractivity (Wildman–Crippen MR) is 101 cm³/mol. The molecule has 1 aliphatic rings. The average Bonchev–Trinajstić information content (AvgIpc) is 3.13. The molecule has 29 heavy (non-hydrogen) atoms. The molecule has 1 aromatic carbocycles. The van der Waals surface area contributed by atoms with Crippen LogP contribution in [0.15, 0.2) is 24.5 Å². The molecule has 0 bridgehead atoms. The zero-order valence-electron chi connectivity index (χ0n) is 16.2. The van der Waals surface area contributed by atoms with Crippen molar-refractivity contribution in [2.24, 2.45) is 0 Å². The molecule has 3 heterocycles. The molecule has 1 fully saturated rings. The summed E-state index contributed by atoms with van der Waals surface area (Å²) in [6, 6.07) is 5.06. The van der Waals surface area contributed by atoms with Crippen LogP contribution >= 0.6 is 0 Å². The Morgan fingerprint density at radius 1 is 1.10 bits per heavy atom. The minimum absolute atomic E-state index is 0.0210. The minimum Gasteiger partial charge on any atom is -0.507 e. The molecular formula is C20H22F3N5O. The molecule has 9 heteroatoms. The van der Waals surface area contributed by atoms with Crippen molar-refractivity contribution in [3.8, 4) is 5.75 Å². The first kappa shape index (κ1) is 19.6. The van der Waals surface area contributed by atoms with Crippen molar-refractivity contribution in [1.82, 2.24) is 24.5 Å². The molecule has 2 aromatic heterocycles. The number of piperidine rings is 1. The summed E-state index contributed by atoms with van der Waals surface area (Å²) >= 11 is 0. The monoisotopic (exact) mass is 405 g/mol. The Kier molecular flexibility index (Phi) is 4.94. The van der Waals surface area contributed by atoms with Crippen LogP contribution in [0.1, 0.15) is 46.8 Å². The minimum atomic E-state index is -4.51. The van der Waals surface area contributed by atoms with Gasteiger partial charge in [0.2, 0.25) is 0 Å². The number of nitrogens with zero attached hydrogens (tertiary/aromatic N) is 5. The molecule has 0 saturated carbocycles. The maximum Gasteiger partial charge on any atom is 0.433 e. The highest BCUT2D eigenvalue weighted by atomic mass is 19.4. The van der Waals surface area contributed by atoms with Gasteiger partial charge >= 0.3 is 6.18 Å². The second kappa shape index (κ2) is 7.29. The SMILES string of the molecule is Cc1cc(CN2CCC(c3cc(C(F)(F)F)n4ncnc4n3)CC2)cc(C)c1O. The predicted octanol–water partition coefficient (Wildman–Crippen LogP) is 3.85. The highest BCUT2D eigenvalue weighted by Gasteiger charge is 2.36. The molecule has 1 aliphatic heterocycles. The molecule has 0 radical (unpaired) electrons. The maximum absolute atomic E-state index is 13.4. The lowest BCUT2D eigenvalue weighted by Crippen LogP contribution is -2.33. The summed E-state index contributed by atoms with van der Waals surface area (Å²) in [6.45, 7) is 6.04. The number of hydrogen-bond donors (Lipinski definition) is 1.